The molecular formula is C11H12N2O. The van der Waals surface area contributed by atoms with Crippen molar-refractivity contribution in [3.8, 4) is 6.07 Å². The van der Waals surface area contributed by atoms with Crippen molar-refractivity contribution >= 4 is 0 Å². The van der Waals surface area contributed by atoms with E-state index in [2.05, 4.69) is 11.1 Å². The van der Waals surface area contributed by atoms with E-state index in [-0.39, 0.29) is 5.60 Å². The topological polar surface area (TPSA) is 45.9 Å². The van der Waals surface area contributed by atoms with Gasteiger partial charge < -0.3 is 4.74 Å². The smallest absolute Gasteiger partial charge is 0.101 e. The first kappa shape index (κ1) is 9.17. The molecule has 0 aromatic carbocycles. The summed E-state index contributed by atoms with van der Waals surface area (Å²) in [5, 5.41) is 8.93. The molecule has 0 spiro atoms. The van der Waals surface area contributed by atoms with Crippen LogP contribution in [-0.4, -0.2) is 10.6 Å². The Kier molecular flexibility index (Phi) is 2.01. The van der Waals surface area contributed by atoms with Gasteiger partial charge >= 0.3 is 0 Å². The number of nitrogens with zero attached hydrogens (tertiary/aromatic N) is 2. The van der Waals surface area contributed by atoms with Crippen LogP contribution in [0, 0.1) is 11.3 Å². The Labute approximate surface area is 83.3 Å². The van der Waals surface area contributed by atoms with Crippen LogP contribution in [0.2, 0.25) is 0 Å². The van der Waals surface area contributed by atoms with Crippen LogP contribution in [-0.2, 0) is 17.8 Å². The molecule has 1 aliphatic heterocycles. The third kappa shape index (κ3) is 1.49. The van der Waals surface area contributed by atoms with Gasteiger partial charge in [-0.05, 0) is 19.4 Å². The van der Waals surface area contributed by atoms with Crippen molar-refractivity contribution in [2.24, 2.45) is 0 Å². The van der Waals surface area contributed by atoms with Gasteiger partial charge in [0.15, 0.2) is 0 Å². The summed E-state index contributed by atoms with van der Waals surface area (Å²) in [6.45, 7) is 4.64. The first-order valence-electron chi connectivity index (χ1n) is 4.62. The Morgan fingerprint density at radius 1 is 1.50 bits per heavy atom. The summed E-state index contributed by atoms with van der Waals surface area (Å²) in [6.07, 6.45) is 4.19. The molecule has 72 valence electrons. The maximum absolute atomic E-state index is 8.93. The van der Waals surface area contributed by atoms with Gasteiger partial charge in [0.05, 0.1) is 17.8 Å². The molecular weight excluding hydrogens is 176 g/mol. The number of fused-ring (bicyclic) bond motifs is 1. The van der Waals surface area contributed by atoms with Crippen molar-refractivity contribution in [2.75, 3.05) is 0 Å². The van der Waals surface area contributed by atoms with E-state index in [9.17, 15) is 0 Å². The molecule has 0 N–H and O–H groups in total. The highest BCUT2D eigenvalue weighted by molar-refractivity contribution is 5.41. The minimum atomic E-state index is -0.167. The van der Waals surface area contributed by atoms with Crippen molar-refractivity contribution in [2.45, 2.75) is 32.5 Å². The Bertz CT molecular complexity index is 404. The van der Waals surface area contributed by atoms with Gasteiger partial charge in [-0.15, -0.1) is 0 Å². The number of ether oxygens (including phenoxy) is 1. The van der Waals surface area contributed by atoms with Gasteiger partial charge in [0.25, 0.3) is 0 Å². The van der Waals surface area contributed by atoms with Gasteiger partial charge in [-0.2, -0.15) is 5.26 Å². The fraction of sp³-hybridized carbons (Fsp3) is 0.455. The van der Waals surface area contributed by atoms with Gasteiger partial charge in [-0.3, -0.25) is 4.98 Å². The van der Waals surface area contributed by atoms with Crippen LogP contribution >= 0.6 is 0 Å². The lowest BCUT2D eigenvalue weighted by Gasteiger charge is -2.31. The molecule has 1 aliphatic rings. The Morgan fingerprint density at radius 3 is 3.00 bits per heavy atom. The van der Waals surface area contributed by atoms with E-state index in [0.717, 1.165) is 17.5 Å². The Balaban J connectivity index is 2.49. The van der Waals surface area contributed by atoms with Crippen LogP contribution in [0.15, 0.2) is 12.4 Å². The van der Waals surface area contributed by atoms with E-state index >= 15 is 0 Å². The number of aromatic nitrogens is 1. The van der Waals surface area contributed by atoms with Crippen LogP contribution in [0.1, 0.15) is 30.5 Å². The summed E-state index contributed by atoms with van der Waals surface area (Å²) in [6, 6.07) is 2.17. The second-order valence-electron chi connectivity index (χ2n) is 4.16. The number of hydrogen-bond acceptors (Lipinski definition) is 3. The molecule has 1 aromatic rings. The molecule has 2 rings (SSSR count). The summed E-state index contributed by atoms with van der Waals surface area (Å²) in [7, 11) is 0. The highest BCUT2D eigenvalue weighted by Crippen LogP contribution is 2.28. The van der Waals surface area contributed by atoms with E-state index in [1.54, 1.807) is 12.4 Å². The fourth-order valence-electron chi connectivity index (χ4n) is 1.71. The predicted molar refractivity (Wildman–Crippen MR) is 51.5 cm³/mol. The molecule has 1 aromatic heterocycles. The molecule has 0 radical (unpaired) electrons. The highest BCUT2D eigenvalue weighted by atomic mass is 16.5. The summed E-state index contributed by atoms with van der Waals surface area (Å²) in [5.74, 6) is 0. The molecule has 3 nitrogen and oxygen atoms in total. The van der Waals surface area contributed by atoms with Gasteiger partial charge in [-0.25, -0.2) is 0 Å². The van der Waals surface area contributed by atoms with Gasteiger partial charge in [0.2, 0.25) is 0 Å². The SMILES string of the molecule is CC1(C)Cc2c(C#N)cncc2CO1. The molecule has 0 saturated heterocycles. The monoisotopic (exact) mass is 188 g/mol. The number of hydrogen-bond donors (Lipinski definition) is 0. The molecule has 0 atom stereocenters. The van der Waals surface area contributed by atoms with Crippen molar-refractivity contribution in [1.82, 2.24) is 4.98 Å². The predicted octanol–water partition coefficient (Wildman–Crippen LogP) is 1.80. The average Bonchev–Trinajstić information content (AvgIpc) is 2.15. The maximum atomic E-state index is 8.93. The van der Waals surface area contributed by atoms with E-state index in [0.29, 0.717) is 12.2 Å². The fourth-order valence-corrected chi connectivity index (χ4v) is 1.71. The summed E-state index contributed by atoms with van der Waals surface area (Å²) in [5.41, 5.74) is 2.65. The van der Waals surface area contributed by atoms with Crippen molar-refractivity contribution in [1.29, 1.82) is 5.26 Å². The lowest BCUT2D eigenvalue weighted by molar-refractivity contribution is -0.0403. The van der Waals surface area contributed by atoms with Crippen LogP contribution in [0.5, 0.6) is 0 Å². The highest BCUT2D eigenvalue weighted by Gasteiger charge is 2.27. The normalized spacial score (nSPS) is 18.4. The summed E-state index contributed by atoms with van der Waals surface area (Å²) < 4.78 is 5.64. The number of pyridine rings is 1. The van der Waals surface area contributed by atoms with Crippen LogP contribution in [0.25, 0.3) is 0 Å². The second-order valence-corrected chi connectivity index (χ2v) is 4.16. The molecule has 2 heterocycles. The van der Waals surface area contributed by atoms with E-state index in [4.69, 9.17) is 10.00 Å². The van der Waals surface area contributed by atoms with Crippen molar-refractivity contribution in [3.05, 3.63) is 29.1 Å². The van der Waals surface area contributed by atoms with E-state index < -0.39 is 0 Å². The van der Waals surface area contributed by atoms with Crippen molar-refractivity contribution < 1.29 is 4.74 Å². The average molecular weight is 188 g/mol. The molecule has 0 aliphatic carbocycles. The molecule has 3 heteroatoms. The molecule has 0 fully saturated rings. The standard InChI is InChI=1S/C11H12N2O/c1-11(2)3-10-8(4-12)5-13-6-9(10)7-14-11/h5-6H,3,7H2,1-2H3. The zero-order chi connectivity index (χ0) is 10.2. The van der Waals surface area contributed by atoms with Crippen molar-refractivity contribution in [3.63, 3.8) is 0 Å². The zero-order valence-electron chi connectivity index (χ0n) is 8.37. The second kappa shape index (κ2) is 3.07. The molecule has 0 saturated carbocycles. The van der Waals surface area contributed by atoms with Crippen LogP contribution < -0.4 is 0 Å². The Morgan fingerprint density at radius 2 is 2.29 bits per heavy atom. The lowest BCUT2D eigenvalue weighted by atomic mass is 9.90. The first-order chi connectivity index (χ1) is 6.62. The minimum absolute atomic E-state index is 0.167. The molecule has 0 amide bonds. The first-order valence-corrected chi connectivity index (χ1v) is 4.62. The summed E-state index contributed by atoms with van der Waals surface area (Å²) >= 11 is 0. The summed E-state index contributed by atoms with van der Waals surface area (Å²) in [4.78, 5) is 4.01. The van der Waals surface area contributed by atoms with Gasteiger partial charge in [-0.1, -0.05) is 0 Å². The van der Waals surface area contributed by atoms with Gasteiger partial charge in [0.1, 0.15) is 6.07 Å². The molecule has 14 heavy (non-hydrogen) atoms. The van der Waals surface area contributed by atoms with Gasteiger partial charge in [0, 0.05) is 24.4 Å². The maximum Gasteiger partial charge on any atom is 0.101 e. The Hall–Kier alpha value is -1.40. The van der Waals surface area contributed by atoms with E-state index in [1.165, 1.54) is 0 Å². The quantitative estimate of drug-likeness (QED) is 0.623. The third-order valence-electron chi connectivity index (χ3n) is 2.49. The van der Waals surface area contributed by atoms with Crippen LogP contribution in [0.3, 0.4) is 0 Å². The third-order valence-corrected chi connectivity index (χ3v) is 2.49. The lowest BCUT2D eigenvalue weighted by Crippen LogP contribution is -2.32. The zero-order valence-corrected chi connectivity index (χ0v) is 8.37. The van der Waals surface area contributed by atoms with E-state index in [1.807, 2.05) is 13.8 Å². The molecule has 0 unspecified atom stereocenters. The largest absolute Gasteiger partial charge is 0.370 e. The number of nitriles is 1. The number of rotatable bonds is 0. The van der Waals surface area contributed by atoms with Crippen LogP contribution in [0.4, 0.5) is 0 Å². The minimum Gasteiger partial charge on any atom is -0.370 e. The molecule has 0 bridgehead atoms.